The second-order valence-corrected chi connectivity index (χ2v) is 9.44. The molecule has 1 atom stereocenters. The number of fused-ring (bicyclic) bond motifs is 2. The summed E-state index contributed by atoms with van der Waals surface area (Å²) in [4.78, 5) is 29.7. The van der Waals surface area contributed by atoms with Crippen molar-refractivity contribution in [2.45, 2.75) is 37.6 Å². The van der Waals surface area contributed by atoms with Gasteiger partial charge in [-0.1, -0.05) is 36.2 Å². The maximum absolute atomic E-state index is 13.9. The summed E-state index contributed by atoms with van der Waals surface area (Å²) in [6.07, 6.45) is 2.93. The quantitative estimate of drug-likeness (QED) is 0.761. The normalized spacial score (nSPS) is 23.6. The standard InChI is InChI=1S/C23H23FN2O2S/c1-15-5-10-20-19(13-15)23(26(11-12-29-23)21(27)17-3-2-4-17)22(28)25(20)14-16-6-8-18(24)9-7-16/h5-10,13,17H,2-4,11-12,14H2,1H3. The average molecular weight is 411 g/mol. The van der Waals surface area contributed by atoms with Gasteiger partial charge in [0.1, 0.15) is 5.82 Å². The molecule has 2 aliphatic heterocycles. The molecule has 4 nitrogen and oxygen atoms in total. The molecular weight excluding hydrogens is 387 g/mol. The maximum atomic E-state index is 13.9. The van der Waals surface area contributed by atoms with Crippen molar-refractivity contribution in [3.8, 4) is 0 Å². The molecule has 1 aliphatic carbocycles. The Balaban J connectivity index is 1.57. The van der Waals surface area contributed by atoms with Crippen molar-refractivity contribution < 1.29 is 14.0 Å². The van der Waals surface area contributed by atoms with Gasteiger partial charge in [-0.25, -0.2) is 4.39 Å². The Hall–Kier alpha value is -2.34. The van der Waals surface area contributed by atoms with Gasteiger partial charge in [-0.15, -0.1) is 11.8 Å². The van der Waals surface area contributed by atoms with Gasteiger partial charge in [0.05, 0.1) is 12.2 Å². The molecule has 1 spiro atoms. The van der Waals surface area contributed by atoms with Crippen molar-refractivity contribution in [3.05, 3.63) is 65.0 Å². The van der Waals surface area contributed by atoms with Crippen molar-refractivity contribution in [1.29, 1.82) is 0 Å². The molecule has 2 aromatic carbocycles. The average Bonchev–Trinajstić information content (AvgIpc) is 3.19. The Labute approximate surface area is 174 Å². The minimum absolute atomic E-state index is 0.0535. The largest absolute Gasteiger partial charge is 0.315 e. The van der Waals surface area contributed by atoms with E-state index < -0.39 is 4.87 Å². The van der Waals surface area contributed by atoms with E-state index in [4.69, 9.17) is 0 Å². The van der Waals surface area contributed by atoms with Crippen LogP contribution >= 0.6 is 11.8 Å². The van der Waals surface area contributed by atoms with Crippen LogP contribution in [-0.2, 0) is 21.0 Å². The number of rotatable bonds is 3. The highest BCUT2D eigenvalue weighted by atomic mass is 32.2. The zero-order valence-corrected chi connectivity index (χ0v) is 17.2. The maximum Gasteiger partial charge on any atom is 0.268 e. The first-order valence-corrected chi connectivity index (χ1v) is 11.1. The molecule has 29 heavy (non-hydrogen) atoms. The van der Waals surface area contributed by atoms with E-state index in [-0.39, 0.29) is 23.5 Å². The van der Waals surface area contributed by atoms with E-state index in [0.717, 1.165) is 47.4 Å². The minimum atomic E-state index is -0.964. The van der Waals surface area contributed by atoms with Crippen LogP contribution in [0, 0.1) is 18.7 Å². The van der Waals surface area contributed by atoms with Crippen LogP contribution in [0.15, 0.2) is 42.5 Å². The lowest BCUT2D eigenvalue weighted by atomic mass is 9.84. The molecule has 150 valence electrons. The summed E-state index contributed by atoms with van der Waals surface area (Å²) < 4.78 is 13.3. The van der Waals surface area contributed by atoms with Crippen molar-refractivity contribution >= 4 is 29.3 Å². The molecule has 2 heterocycles. The number of amides is 2. The second-order valence-electron chi connectivity index (χ2n) is 8.15. The lowest BCUT2D eigenvalue weighted by molar-refractivity contribution is -0.145. The summed E-state index contributed by atoms with van der Waals surface area (Å²) in [5.74, 6) is 0.570. The van der Waals surface area contributed by atoms with Crippen LogP contribution in [0.25, 0.3) is 0 Å². The van der Waals surface area contributed by atoms with E-state index in [2.05, 4.69) is 6.07 Å². The molecule has 6 heteroatoms. The molecule has 1 saturated heterocycles. The summed E-state index contributed by atoms with van der Waals surface area (Å²) in [7, 11) is 0. The Morgan fingerprint density at radius 2 is 1.97 bits per heavy atom. The number of nitrogens with zero attached hydrogens (tertiary/aromatic N) is 2. The Bertz CT molecular complexity index is 989. The number of anilines is 1. The highest BCUT2D eigenvalue weighted by molar-refractivity contribution is 8.01. The third-order valence-electron chi connectivity index (χ3n) is 6.32. The summed E-state index contributed by atoms with van der Waals surface area (Å²) >= 11 is 1.57. The van der Waals surface area contributed by atoms with E-state index in [1.807, 2.05) is 24.0 Å². The predicted octanol–water partition coefficient (Wildman–Crippen LogP) is 4.21. The van der Waals surface area contributed by atoms with Crippen molar-refractivity contribution in [2.24, 2.45) is 5.92 Å². The second kappa shape index (κ2) is 6.87. The topological polar surface area (TPSA) is 40.6 Å². The molecule has 3 aliphatic rings. The van der Waals surface area contributed by atoms with E-state index in [9.17, 15) is 14.0 Å². The zero-order chi connectivity index (χ0) is 20.2. The minimum Gasteiger partial charge on any atom is -0.315 e. The number of aryl methyl sites for hydroxylation is 1. The number of halogens is 1. The molecule has 5 rings (SSSR count). The molecule has 0 radical (unpaired) electrons. The number of carbonyl (C=O) groups excluding carboxylic acids is 2. The van der Waals surface area contributed by atoms with Gasteiger partial charge in [-0.3, -0.25) is 9.59 Å². The van der Waals surface area contributed by atoms with Crippen molar-refractivity contribution in [1.82, 2.24) is 4.90 Å². The van der Waals surface area contributed by atoms with E-state index >= 15 is 0 Å². The van der Waals surface area contributed by atoms with Gasteiger partial charge in [0.15, 0.2) is 4.87 Å². The summed E-state index contributed by atoms with van der Waals surface area (Å²) in [6, 6.07) is 12.3. The van der Waals surface area contributed by atoms with Gasteiger partial charge in [-0.05, 0) is 43.5 Å². The van der Waals surface area contributed by atoms with E-state index in [0.29, 0.717) is 13.1 Å². The first kappa shape index (κ1) is 18.7. The highest BCUT2D eigenvalue weighted by Gasteiger charge is 2.60. The molecule has 2 fully saturated rings. The number of thioether (sulfide) groups is 1. The third kappa shape index (κ3) is 2.80. The zero-order valence-electron chi connectivity index (χ0n) is 16.4. The molecule has 0 N–H and O–H groups in total. The third-order valence-corrected chi connectivity index (χ3v) is 7.74. The smallest absolute Gasteiger partial charge is 0.268 e. The molecule has 0 aromatic heterocycles. The number of hydrogen-bond donors (Lipinski definition) is 0. The lowest BCUT2D eigenvalue weighted by Gasteiger charge is -2.37. The number of hydrogen-bond acceptors (Lipinski definition) is 3. The van der Waals surface area contributed by atoms with Gasteiger partial charge in [0.25, 0.3) is 5.91 Å². The first-order valence-electron chi connectivity index (χ1n) is 10.1. The summed E-state index contributed by atoms with van der Waals surface area (Å²) in [5, 5.41) is 0. The Morgan fingerprint density at radius 1 is 1.21 bits per heavy atom. The van der Waals surface area contributed by atoms with Gasteiger partial charge in [-0.2, -0.15) is 0 Å². The van der Waals surface area contributed by atoms with Gasteiger partial charge in [0, 0.05) is 23.8 Å². The molecule has 1 unspecified atom stereocenters. The van der Waals surface area contributed by atoms with Crippen LogP contribution in [0.1, 0.15) is 36.0 Å². The predicted molar refractivity (Wildman–Crippen MR) is 112 cm³/mol. The van der Waals surface area contributed by atoms with Crippen LogP contribution in [0.5, 0.6) is 0 Å². The molecule has 2 amide bonds. The summed E-state index contributed by atoms with van der Waals surface area (Å²) in [5.41, 5.74) is 3.71. The van der Waals surface area contributed by atoms with Crippen LogP contribution in [-0.4, -0.2) is 29.0 Å². The van der Waals surface area contributed by atoms with Crippen LogP contribution < -0.4 is 4.90 Å². The Kier molecular flexibility index (Phi) is 4.42. The Morgan fingerprint density at radius 3 is 2.66 bits per heavy atom. The number of carbonyl (C=O) groups is 2. The van der Waals surface area contributed by atoms with Gasteiger partial charge >= 0.3 is 0 Å². The van der Waals surface area contributed by atoms with Crippen molar-refractivity contribution in [3.63, 3.8) is 0 Å². The molecule has 2 aromatic rings. The van der Waals surface area contributed by atoms with Crippen molar-refractivity contribution in [2.75, 3.05) is 17.2 Å². The fourth-order valence-corrected chi connectivity index (χ4v) is 6.01. The van der Waals surface area contributed by atoms with E-state index in [1.165, 1.54) is 12.1 Å². The van der Waals surface area contributed by atoms with Crippen LogP contribution in [0.2, 0.25) is 0 Å². The molecule has 1 saturated carbocycles. The molecule has 0 bridgehead atoms. The van der Waals surface area contributed by atoms with Gasteiger partial charge in [0.2, 0.25) is 5.91 Å². The lowest BCUT2D eigenvalue weighted by Crippen LogP contribution is -2.52. The fraction of sp³-hybridized carbons (Fsp3) is 0.391. The molecular formula is C23H23FN2O2S. The number of benzene rings is 2. The van der Waals surface area contributed by atoms with E-state index in [1.54, 1.807) is 28.8 Å². The van der Waals surface area contributed by atoms with Gasteiger partial charge < -0.3 is 9.80 Å². The first-order chi connectivity index (χ1) is 14.0. The van der Waals surface area contributed by atoms with Crippen LogP contribution in [0.4, 0.5) is 10.1 Å². The monoisotopic (exact) mass is 410 g/mol. The highest BCUT2D eigenvalue weighted by Crippen LogP contribution is 2.55. The van der Waals surface area contributed by atoms with Crippen LogP contribution in [0.3, 0.4) is 0 Å². The summed E-state index contributed by atoms with van der Waals surface area (Å²) in [6.45, 7) is 2.98. The fourth-order valence-electron chi connectivity index (χ4n) is 4.55. The SMILES string of the molecule is Cc1ccc2c(c1)C1(SCCN1C(=O)C1CCC1)C(=O)N2Cc1ccc(F)cc1.